The van der Waals surface area contributed by atoms with E-state index in [-0.39, 0.29) is 0 Å². The van der Waals surface area contributed by atoms with Crippen molar-refractivity contribution in [2.45, 2.75) is 24.7 Å². The maximum absolute atomic E-state index is 5.43. The van der Waals surface area contributed by atoms with Crippen LogP contribution in [0.4, 0.5) is 0 Å². The van der Waals surface area contributed by atoms with Crippen molar-refractivity contribution in [1.29, 1.82) is 0 Å². The minimum Gasteiger partial charge on any atom is -0.377 e. The summed E-state index contributed by atoms with van der Waals surface area (Å²) in [5.74, 6) is 0. The number of ether oxygens (including phenoxy) is 1. The number of rotatable bonds is 3. The first-order valence-electron chi connectivity index (χ1n) is 3.56. The Bertz CT molecular complexity index is 97.6. The molecule has 1 nitrogen and oxygen atoms in total. The van der Waals surface area contributed by atoms with E-state index in [0.29, 0.717) is 6.10 Å². The molecule has 0 amide bonds. The first-order chi connectivity index (χ1) is 4.84. The molecular weight excluding hydrogens is 164 g/mol. The molecule has 0 spiro atoms. The summed E-state index contributed by atoms with van der Waals surface area (Å²) in [5.41, 5.74) is 0. The Labute approximate surface area is 71.3 Å². The summed E-state index contributed by atoms with van der Waals surface area (Å²) >= 11 is 3.93. The zero-order chi connectivity index (χ0) is 7.40. The third-order valence-corrected chi connectivity index (χ3v) is 4.24. The fraction of sp³-hybridized carbons (Fsp3) is 1.00. The average molecular weight is 178 g/mol. The molecule has 2 atom stereocenters. The maximum atomic E-state index is 5.43. The predicted octanol–water partition coefficient (Wildman–Crippen LogP) is 2.22. The predicted molar refractivity (Wildman–Crippen MR) is 49.8 cm³/mol. The summed E-state index contributed by atoms with van der Waals surface area (Å²) < 4.78 is 5.43. The molecule has 0 aromatic rings. The molecule has 0 aromatic carbocycles. The summed E-state index contributed by atoms with van der Waals surface area (Å²) in [7, 11) is 0. The first-order valence-corrected chi connectivity index (χ1v) is 6.01. The molecule has 2 unspecified atom stereocenters. The Morgan fingerprint density at radius 1 is 1.60 bits per heavy atom. The van der Waals surface area contributed by atoms with Crippen molar-refractivity contribution >= 4 is 23.5 Å². The molecule has 10 heavy (non-hydrogen) atoms. The summed E-state index contributed by atoms with van der Waals surface area (Å²) in [5, 5.41) is 1.96. The maximum Gasteiger partial charge on any atom is 0.0666 e. The molecule has 60 valence electrons. The van der Waals surface area contributed by atoms with E-state index in [2.05, 4.69) is 13.2 Å². The zero-order valence-corrected chi connectivity index (χ0v) is 8.13. The molecule has 1 aliphatic heterocycles. The van der Waals surface area contributed by atoms with Crippen molar-refractivity contribution in [2.75, 3.05) is 17.9 Å². The van der Waals surface area contributed by atoms with Gasteiger partial charge >= 0.3 is 0 Å². The lowest BCUT2D eigenvalue weighted by molar-refractivity contribution is 0.127. The molecule has 1 aliphatic rings. The highest BCUT2D eigenvalue weighted by Crippen LogP contribution is 2.27. The van der Waals surface area contributed by atoms with Gasteiger partial charge in [0.1, 0.15) is 0 Å². The van der Waals surface area contributed by atoms with Gasteiger partial charge in [0.25, 0.3) is 0 Å². The van der Waals surface area contributed by atoms with Gasteiger partial charge in [0, 0.05) is 16.9 Å². The van der Waals surface area contributed by atoms with Crippen LogP contribution in [0.25, 0.3) is 0 Å². The van der Waals surface area contributed by atoms with Crippen molar-refractivity contribution in [3.63, 3.8) is 0 Å². The largest absolute Gasteiger partial charge is 0.377 e. The van der Waals surface area contributed by atoms with Crippen molar-refractivity contribution in [2.24, 2.45) is 0 Å². The van der Waals surface area contributed by atoms with Gasteiger partial charge in [0.2, 0.25) is 0 Å². The van der Waals surface area contributed by atoms with Crippen molar-refractivity contribution in [1.82, 2.24) is 0 Å². The highest BCUT2D eigenvalue weighted by molar-refractivity contribution is 8.15. The molecule has 0 aromatic heterocycles. The van der Waals surface area contributed by atoms with Gasteiger partial charge in [-0.05, 0) is 19.6 Å². The molecule has 1 fully saturated rings. The van der Waals surface area contributed by atoms with Gasteiger partial charge in [-0.1, -0.05) is 0 Å². The highest BCUT2D eigenvalue weighted by Gasteiger charge is 2.23. The van der Waals surface area contributed by atoms with Crippen LogP contribution in [0.3, 0.4) is 0 Å². The van der Waals surface area contributed by atoms with Gasteiger partial charge in [0.15, 0.2) is 0 Å². The smallest absolute Gasteiger partial charge is 0.0666 e. The van der Waals surface area contributed by atoms with Crippen LogP contribution in [-0.2, 0) is 4.74 Å². The molecule has 1 heterocycles. The van der Waals surface area contributed by atoms with Crippen LogP contribution in [-0.4, -0.2) is 29.3 Å². The normalized spacial score (nSPS) is 33.0. The summed E-state index contributed by atoms with van der Waals surface area (Å²) in [4.78, 5) is 0. The highest BCUT2D eigenvalue weighted by atomic mass is 32.2. The molecule has 1 saturated heterocycles. The van der Waals surface area contributed by atoms with E-state index in [1.54, 1.807) is 0 Å². The van der Waals surface area contributed by atoms with Crippen molar-refractivity contribution in [3.8, 4) is 0 Å². The van der Waals surface area contributed by atoms with Crippen LogP contribution >= 0.6 is 23.5 Å². The fourth-order valence-corrected chi connectivity index (χ4v) is 2.94. The quantitative estimate of drug-likeness (QED) is 0.613. The van der Waals surface area contributed by atoms with Crippen LogP contribution in [0.2, 0.25) is 0 Å². The third-order valence-electron chi connectivity index (χ3n) is 1.71. The minimum absolute atomic E-state index is 0.483. The standard InChI is InChI=1S/C7H14OS2/c1-6-7(3-4-8-6)10-5-9-2/h6-7H,3-5H2,1-2H3. The van der Waals surface area contributed by atoms with E-state index in [9.17, 15) is 0 Å². The number of hydrogen-bond acceptors (Lipinski definition) is 3. The topological polar surface area (TPSA) is 9.23 Å². The second kappa shape index (κ2) is 4.52. The van der Waals surface area contributed by atoms with Gasteiger partial charge in [-0.25, -0.2) is 0 Å². The molecule has 0 N–H and O–H groups in total. The van der Waals surface area contributed by atoms with Crippen molar-refractivity contribution < 1.29 is 4.74 Å². The molecule has 0 saturated carbocycles. The Morgan fingerprint density at radius 3 is 2.90 bits per heavy atom. The molecular formula is C7H14OS2. The van der Waals surface area contributed by atoms with Gasteiger partial charge in [-0.2, -0.15) is 11.8 Å². The lowest BCUT2D eigenvalue weighted by Crippen LogP contribution is -2.13. The van der Waals surface area contributed by atoms with E-state index >= 15 is 0 Å². The van der Waals surface area contributed by atoms with Crippen LogP contribution in [0.15, 0.2) is 0 Å². The Balaban J connectivity index is 2.14. The van der Waals surface area contributed by atoms with E-state index in [1.165, 1.54) is 11.5 Å². The lowest BCUT2D eigenvalue weighted by atomic mass is 10.3. The second-order valence-corrected chi connectivity index (χ2v) is 4.94. The molecule has 1 rings (SSSR count). The molecule has 0 bridgehead atoms. The van der Waals surface area contributed by atoms with E-state index in [4.69, 9.17) is 4.74 Å². The Morgan fingerprint density at radius 2 is 2.40 bits per heavy atom. The molecule has 0 aliphatic carbocycles. The van der Waals surface area contributed by atoms with Gasteiger partial charge in [-0.3, -0.25) is 0 Å². The average Bonchev–Trinajstić information content (AvgIpc) is 2.31. The Kier molecular flexibility index (Phi) is 3.96. The molecule has 3 heteroatoms. The monoisotopic (exact) mass is 178 g/mol. The fourth-order valence-electron chi connectivity index (χ4n) is 1.09. The van der Waals surface area contributed by atoms with E-state index in [0.717, 1.165) is 11.9 Å². The minimum atomic E-state index is 0.483. The Hall–Kier alpha value is 0.660. The SMILES string of the molecule is CSCSC1CCOC1C. The summed E-state index contributed by atoms with van der Waals surface area (Å²) in [6, 6.07) is 0. The zero-order valence-electron chi connectivity index (χ0n) is 6.50. The van der Waals surface area contributed by atoms with Crippen molar-refractivity contribution in [3.05, 3.63) is 0 Å². The number of thioether (sulfide) groups is 2. The number of hydrogen-bond donors (Lipinski definition) is 0. The van der Waals surface area contributed by atoms with Gasteiger partial charge < -0.3 is 4.74 Å². The van der Waals surface area contributed by atoms with Crippen LogP contribution in [0.5, 0.6) is 0 Å². The summed E-state index contributed by atoms with van der Waals surface area (Å²) in [6.07, 6.45) is 3.87. The van der Waals surface area contributed by atoms with E-state index < -0.39 is 0 Å². The van der Waals surface area contributed by atoms with Crippen LogP contribution in [0, 0.1) is 0 Å². The van der Waals surface area contributed by atoms with Gasteiger partial charge in [-0.15, -0.1) is 11.8 Å². The van der Waals surface area contributed by atoms with Gasteiger partial charge in [0.05, 0.1) is 6.10 Å². The lowest BCUT2D eigenvalue weighted by Gasteiger charge is -2.11. The van der Waals surface area contributed by atoms with Crippen LogP contribution in [0.1, 0.15) is 13.3 Å². The summed E-state index contributed by atoms with van der Waals surface area (Å²) in [6.45, 7) is 3.14. The van der Waals surface area contributed by atoms with Crippen LogP contribution < -0.4 is 0 Å². The molecule has 0 radical (unpaired) electrons. The second-order valence-electron chi connectivity index (χ2n) is 2.48. The first kappa shape index (κ1) is 8.75. The third kappa shape index (κ3) is 2.36. The van der Waals surface area contributed by atoms with E-state index in [1.807, 2.05) is 23.5 Å².